The lowest BCUT2D eigenvalue weighted by Gasteiger charge is -2.28. The molecule has 0 spiro atoms. The molecule has 1 fully saturated rings. The maximum Gasteiger partial charge on any atom is 0.264 e. The lowest BCUT2D eigenvalue weighted by Crippen LogP contribution is -2.44. The Morgan fingerprint density at radius 3 is 2.58 bits per heavy atom. The van der Waals surface area contributed by atoms with Gasteiger partial charge in [0.1, 0.15) is 11.9 Å². The molecule has 40 heavy (non-hydrogen) atoms. The SMILES string of the molecule is COc1ccc2c(c1)[C@](O)([C@@H](C)/C=C/CC(=O)N1CCC[C@H]1CO)C(=O)N2Cc1ccc(NC(=O)[C@H](C)O)cc1. The predicted octanol–water partition coefficient (Wildman–Crippen LogP) is 2.31. The van der Waals surface area contributed by atoms with Crippen LogP contribution in [0.3, 0.4) is 0 Å². The van der Waals surface area contributed by atoms with Gasteiger partial charge in [-0.2, -0.15) is 0 Å². The van der Waals surface area contributed by atoms with Crippen molar-refractivity contribution in [1.82, 2.24) is 4.90 Å². The van der Waals surface area contributed by atoms with Crippen molar-refractivity contribution >= 4 is 29.1 Å². The topological polar surface area (TPSA) is 140 Å². The van der Waals surface area contributed by atoms with E-state index in [0.29, 0.717) is 29.2 Å². The Morgan fingerprint density at radius 2 is 1.93 bits per heavy atom. The third kappa shape index (κ3) is 5.74. The number of ether oxygens (including phenoxy) is 1. The number of anilines is 2. The zero-order chi connectivity index (χ0) is 29.0. The van der Waals surface area contributed by atoms with E-state index < -0.39 is 29.4 Å². The van der Waals surface area contributed by atoms with Crippen molar-refractivity contribution in [3.8, 4) is 5.75 Å². The van der Waals surface area contributed by atoms with Gasteiger partial charge in [0.15, 0.2) is 5.60 Å². The fourth-order valence-corrected chi connectivity index (χ4v) is 5.32. The maximum atomic E-state index is 13.8. The third-order valence-electron chi connectivity index (χ3n) is 7.70. The highest BCUT2D eigenvalue weighted by Crippen LogP contribution is 2.47. The van der Waals surface area contributed by atoms with Gasteiger partial charge in [0.25, 0.3) is 11.8 Å². The van der Waals surface area contributed by atoms with Crippen LogP contribution in [0, 0.1) is 5.92 Å². The van der Waals surface area contributed by atoms with Gasteiger partial charge in [-0.3, -0.25) is 14.4 Å². The second kappa shape index (κ2) is 12.2. The van der Waals surface area contributed by atoms with E-state index in [-0.39, 0.29) is 31.5 Å². The molecule has 2 aliphatic rings. The van der Waals surface area contributed by atoms with E-state index in [2.05, 4.69) is 5.32 Å². The molecule has 0 unspecified atom stereocenters. The van der Waals surface area contributed by atoms with E-state index in [4.69, 9.17) is 4.74 Å². The monoisotopic (exact) mass is 551 g/mol. The van der Waals surface area contributed by atoms with Crippen LogP contribution in [0.4, 0.5) is 11.4 Å². The Kier molecular flexibility index (Phi) is 8.92. The molecular weight excluding hydrogens is 514 g/mol. The molecule has 0 radical (unpaired) electrons. The lowest BCUT2D eigenvalue weighted by atomic mass is 9.83. The first-order valence-corrected chi connectivity index (χ1v) is 13.5. The number of hydrogen-bond donors (Lipinski definition) is 4. The number of fused-ring (bicyclic) bond motifs is 1. The van der Waals surface area contributed by atoms with Gasteiger partial charge in [0, 0.05) is 30.1 Å². The molecule has 2 aromatic carbocycles. The summed E-state index contributed by atoms with van der Waals surface area (Å²) in [4.78, 5) is 41.5. The molecule has 3 amide bonds. The highest BCUT2D eigenvalue weighted by atomic mass is 16.5. The largest absolute Gasteiger partial charge is 0.497 e. The van der Waals surface area contributed by atoms with E-state index >= 15 is 0 Å². The van der Waals surface area contributed by atoms with Crippen molar-refractivity contribution in [3.05, 3.63) is 65.7 Å². The number of nitrogens with zero attached hydrogens (tertiary/aromatic N) is 2. The van der Waals surface area contributed by atoms with Crippen LogP contribution in [-0.4, -0.2) is 70.3 Å². The van der Waals surface area contributed by atoms with Crippen molar-refractivity contribution in [2.75, 3.05) is 30.5 Å². The molecule has 2 aromatic rings. The zero-order valence-electron chi connectivity index (χ0n) is 23.0. The Balaban J connectivity index is 1.54. The van der Waals surface area contributed by atoms with Crippen LogP contribution in [-0.2, 0) is 26.5 Å². The van der Waals surface area contributed by atoms with Crippen LogP contribution >= 0.6 is 0 Å². The van der Waals surface area contributed by atoms with Gasteiger partial charge in [-0.25, -0.2) is 0 Å². The number of hydrogen-bond acceptors (Lipinski definition) is 7. The van der Waals surface area contributed by atoms with E-state index in [9.17, 15) is 29.7 Å². The number of carbonyl (C=O) groups excluding carboxylic acids is 3. The van der Waals surface area contributed by atoms with Gasteiger partial charge in [0.2, 0.25) is 5.91 Å². The van der Waals surface area contributed by atoms with E-state index in [1.54, 1.807) is 66.4 Å². The van der Waals surface area contributed by atoms with Crippen molar-refractivity contribution < 1.29 is 34.4 Å². The molecule has 0 bridgehead atoms. The van der Waals surface area contributed by atoms with Crippen LogP contribution in [0.5, 0.6) is 5.75 Å². The van der Waals surface area contributed by atoms with Crippen molar-refractivity contribution in [2.24, 2.45) is 5.92 Å². The molecule has 4 N–H and O–H groups in total. The predicted molar refractivity (Wildman–Crippen MR) is 150 cm³/mol. The summed E-state index contributed by atoms with van der Waals surface area (Å²) in [6, 6.07) is 11.9. The molecule has 2 heterocycles. The number of nitrogens with one attached hydrogen (secondary N) is 1. The molecule has 1 saturated heterocycles. The summed E-state index contributed by atoms with van der Waals surface area (Å²) in [5.41, 5.74) is 0.374. The average Bonchev–Trinajstić information content (AvgIpc) is 3.51. The molecule has 10 nitrogen and oxygen atoms in total. The number of aliphatic hydroxyl groups is 3. The van der Waals surface area contributed by atoms with E-state index in [1.807, 2.05) is 0 Å². The lowest BCUT2D eigenvalue weighted by molar-refractivity contribution is -0.139. The minimum Gasteiger partial charge on any atom is -0.497 e. The average molecular weight is 552 g/mol. The number of aliphatic hydroxyl groups excluding tert-OH is 2. The number of amides is 3. The van der Waals surface area contributed by atoms with Crippen molar-refractivity contribution in [3.63, 3.8) is 0 Å². The standard InChI is InChI=1S/C30H37N3O7/c1-19(6-4-8-27(36)32-15-5-7-23(32)18-34)30(39)25-16-24(40-3)13-14-26(25)33(29(30)38)17-21-9-11-22(12-10-21)31-28(37)20(2)35/h4,6,9-14,16,19-20,23,34-35,39H,5,7-8,15,17-18H2,1-3H3,(H,31,37)/b6-4+/t19-,20-,23-,30+/m0/s1. The molecular formula is C30H37N3O7. The highest BCUT2D eigenvalue weighted by Gasteiger charge is 2.52. The quantitative estimate of drug-likeness (QED) is 0.332. The maximum absolute atomic E-state index is 13.8. The minimum absolute atomic E-state index is 0.0617. The smallest absolute Gasteiger partial charge is 0.264 e. The summed E-state index contributed by atoms with van der Waals surface area (Å²) in [5, 5.41) is 33.4. The minimum atomic E-state index is -1.88. The van der Waals surface area contributed by atoms with Gasteiger partial charge in [-0.1, -0.05) is 31.2 Å². The highest BCUT2D eigenvalue weighted by molar-refractivity contribution is 6.07. The fourth-order valence-electron chi connectivity index (χ4n) is 5.32. The molecule has 0 aliphatic carbocycles. The van der Waals surface area contributed by atoms with E-state index in [0.717, 1.165) is 18.4 Å². The second-order valence-corrected chi connectivity index (χ2v) is 10.4. The van der Waals surface area contributed by atoms with Crippen molar-refractivity contribution in [2.45, 2.75) is 57.4 Å². The number of rotatable bonds is 10. The summed E-state index contributed by atoms with van der Waals surface area (Å²) in [6.07, 6.45) is 3.97. The van der Waals surface area contributed by atoms with Gasteiger partial charge < -0.3 is 35.2 Å². The van der Waals surface area contributed by atoms with Crippen LogP contribution in [0.2, 0.25) is 0 Å². The van der Waals surface area contributed by atoms with Crippen molar-refractivity contribution in [1.29, 1.82) is 0 Å². The molecule has 10 heteroatoms. The Bertz CT molecular complexity index is 1280. The molecule has 214 valence electrons. The Hall–Kier alpha value is -3.73. The fraction of sp³-hybridized carbons (Fsp3) is 0.433. The first-order chi connectivity index (χ1) is 19.1. The van der Waals surface area contributed by atoms with Gasteiger partial charge in [-0.15, -0.1) is 0 Å². The van der Waals surface area contributed by atoms with E-state index in [1.165, 1.54) is 18.9 Å². The number of benzene rings is 2. The molecule has 4 rings (SSSR count). The number of likely N-dealkylation sites (tertiary alicyclic amines) is 1. The summed E-state index contributed by atoms with van der Waals surface area (Å²) >= 11 is 0. The Labute approximate surface area is 233 Å². The first-order valence-electron chi connectivity index (χ1n) is 13.5. The van der Waals surface area contributed by atoms with Gasteiger partial charge in [0.05, 0.1) is 32.0 Å². The normalized spacial score (nSPS) is 21.9. The molecule has 4 atom stereocenters. The second-order valence-electron chi connectivity index (χ2n) is 10.4. The Morgan fingerprint density at radius 1 is 1.20 bits per heavy atom. The zero-order valence-corrected chi connectivity index (χ0v) is 23.0. The van der Waals surface area contributed by atoms with Crippen LogP contribution in [0.15, 0.2) is 54.6 Å². The number of methoxy groups -OCH3 is 1. The third-order valence-corrected chi connectivity index (χ3v) is 7.70. The molecule has 0 saturated carbocycles. The molecule has 2 aliphatic heterocycles. The first kappa shape index (κ1) is 29.3. The van der Waals surface area contributed by atoms with Gasteiger partial charge in [-0.05, 0) is 55.7 Å². The summed E-state index contributed by atoms with van der Waals surface area (Å²) < 4.78 is 5.37. The summed E-state index contributed by atoms with van der Waals surface area (Å²) in [7, 11) is 1.51. The summed E-state index contributed by atoms with van der Waals surface area (Å²) in [5.74, 6) is -1.27. The molecule has 0 aromatic heterocycles. The van der Waals surface area contributed by atoms with Crippen LogP contribution in [0.25, 0.3) is 0 Å². The van der Waals surface area contributed by atoms with Crippen LogP contribution in [0.1, 0.15) is 44.2 Å². The number of carbonyl (C=O) groups is 3. The summed E-state index contributed by atoms with van der Waals surface area (Å²) in [6.45, 7) is 3.85. The van der Waals surface area contributed by atoms with Crippen LogP contribution < -0.4 is 15.0 Å². The van der Waals surface area contributed by atoms with Gasteiger partial charge >= 0.3 is 0 Å².